The second-order valence-electron chi connectivity index (χ2n) is 4.54. The summed E-state index contributed by atoms with van der Waals surface area (Å²) in [5.41, 5.74) is 0. The summed E-state index contributed by atoms with van der Waals surface area (Å²) in [4.78, 5) is 22.7. The normalized spacial score (nSPS) is 40.1. The minimum absolute atomic E-state index is 0.157. The molecular formula is C11H16O3. The zero-order valence-electron chi connectivity index (χ0n) is 8.40. The topological polar surface area (TPSA) is 54.4 Å². The maximum Gasteiger partial charge on any atom is 0.307 e. The molecule has 0 radical (unpaired) electrons. The zero-order chi connectivity index (χ0) is 10.3. The molecule has 2 aliphatic carbocycles. The van der Waals surface area contributed by atoms with Crippen LogP contribution in [-0.4, -0.2) is 16.9 Å². The van der Waals surface area contributed by atoms with Gasteiger partial charge in [-0.2, -0.15) is 0 Å². The van der Waals surface area contributed by atoms with Crippen LogP contribution < -0.4 is 0 Å². The molecule has 4 atom stereocenters. The lowest BCUT2D eigenvalue weighted by Gasteiger charge is -2.26. The SMILES string of the molecule is CCC(=O)[C@@H]1[C@@H]2CC[C@@H](C2)[C@@H]1C(=O)O. The molecule has 0 unspecified atom stereocenters. The van der Waals surface area contributed by atoms with Gasteiger partial charge < -0.3 is 5.11 Å². The summed E-state index contributed by atoms with van der Waals surface area (Å²) in [6, 6.07) is 0. The van der Waals surface area contributed by atoms with Gasteiger partial charge in [-0.25, -0.2) is 0 Å². The molecule has 2 saturated carbocycles. The van der Waals surface area contributed by atoms with Gasteiger partial charge in [-0.1, -0.05) is 6.92 Å². The van der Waals surface area contributed by atoms with Gasteiger partial charge in [0.2, 0.25) is 0 Å². The summed E-state index contributed by atoms with van der Waals surface area (Å²) < 4.78 is 0. The minimum atomic E-state index is -0.760. The molecule has 0 aromatic rings. The van der Waals surface area contributed by atoms with Crippen LogP contribution in [0.15, 0.2) is 0 Å². The molecule has 1 N–H and O–H groups in total. The van der Waals surface area contributed by atoms with E-state index in [0.29, 0.717) is 12.3 Å². The third kappa shape index (κ3) is 1.26. The average molecular weight is 196 g/mol. The molecule has 2 bridgehead atoms. The van der Waals surface area contributed by atoms with Crippen LogP contribution in [0, 0.1) is 23.7 Å². The molecule has 3 nitrogen and oxygen atoms in total. The number of rotatable bonds is 3. The molecule has 2 aliphatic rings. The number of carbonyl (C=O) groups is 2. The van der Waals surface area contributed by atoms with E-state index in [1.54, 1.807) is 0 Å². The van der Waals surface area contributed by atoms with Gasteiger partial charge in [0.1, 0.15) is 5.78 Å². The highest BCUT2D eigenvalue weighted by atomic mass is 16.4. The number of aliphatic carboxylic acids is 1. The van der Waals surface area contributed by atoms with E-state index in [1.165, 1.54) is 0 Å². The van der Waals surface area contributed by atoms with Gasteiger partial charge in [-0.05, 0) is 31.1 Å². The fraction of sp³-hybridized carbons (Fsp3) is 0.818. The fourth-order valence-electron chi connectivity index (χ4n) is 3.35. The van der Waals surface area contributed by atoms with Gasteiger partial charge in [0.05, 0.1) is 5.92 Å². The number of hydrogen-bond acceptors (Lipinski definition) is 2. The Bertz CT molecular complexity index is 272. The van der Waals surface area contributed by atoms with Gasteiger partial charge in [-0.3, -0.25) is 9.59 Å². The van der Waals surface area contributed by atoms with Gasteiger partial charge in [0.25, 0.3) is 0 Å². The molecule has 3 heteroatoms. The first-order valence-corrected chi connectivity index (χ1v) is 5.40. The second kappa shape index (κ2) is 3.37. The first-order chi connectivity index (χ1) is 6.65. The number of Topliss-reactive ketones (excluding diaryl/α,β-unsaturated/α-hetero) is 1. The summed E-state index contributed by atoms with van der Waals surface area (Å²) in [6.07, 6.45) is 3.52. The van der Waals surface area contributed by atoms with E-state index in [2.05, 4.69) is 0 Å². The highest BCUT2D eigenvalue weighted by Crippen LogP contribution is 2.52. The minimum Gasteiger partial charge on any atom is -0.481 e. The fourth-order valence-corrected chi connectivity index (χ4v) is 3.35. The molecular weight excluding hydrogens is 180 g/mol. The Kier molecular flexibility index (Phi) is 2.33. The Hall–Kier alpha value is -0.860. The van der Waals surface area contributed by atoms with E-state index in [4.69, 9.17) is 5.11 Å². The quantitative estimate of drug-likeness (QED) is 0.747. The van der Waals surface area contributed by atoms with Crippen molar-refractivity contribution >= 4 is 11.8 Å². The van der Waals surface area contributed by atoms with Crippen LogP contribution in [0.4, 0.5) is 0 Å². The number of fused-ring (bicyclic) bond motifs is 2. The number of ketones is 1. The maximum absolute atomic E-state index is 11.7. The van der Waals surface area contributed by atoms with E-state index in [1.807, 2.05) is 6.92 Å². The summed E-state index contributed by atoms with van der Waals surface area (Å²) in [6.45, 7) is 1.83. The van der Waals surface area contributed by atoms with Crippen LogP contribution >= 0.6 is 0 Å². The zero-order valence-corrected chi connectivity index (χ0v) is 8.40. The predicted octanol–water partition coefficient (Wildman–Crippen LogP) is 1.71. The van der Waals surface area contributed by atoms with Crippen molar-refractivity contribution in [2.75, 3.05) is 0 Å². The Morgan fingerprint density at radius 2 is 1.79 bits per heavy atom. The Morgan fingerprint density at radius 1 is 1.21 bits per heavy atom. The highest BCUT2D eigenvalue weighted by Gasteiger charge is 2.53. The molecule has 2 rings (SSSR count). The van der Waals surface area contributed by atoms with Crippen molar-refractivity contribution in [2.45, 2.75) is 32.6 Å². The maximum atomic E-state index is 11.7. The lowest BCUT2D eigenvalue weighted by atomic mass is 9.76. The van der Waals surface area contributed by atoms with Crippen LogP contribution in [0.2, 0.25) is 0 Å². The van der Waals surface area contributed by atoms with Crippen LogP contribution in [-0.2, 0) is 9.59 Å². The molecule has 0 aromatic heterocycles. The lowest BCUT2D eigenvalue weighted by molar-refractivity contribution is -0.148. The van der Waals surface area contributed by atoms with Crippen LogP contribution in [0.25, 0.3) is 0 Å². The highest BCUT2D eigenvalue weighted by molar-refractivity contribution is 5.87. The molecule has 0 aromatic carbocycles. The first kappa shape index (κ1) is 9.69. The average Bonchev–Trinajstić information content (AvgIpc) is 2.74. The standard InChI is InChI=1S/C11H16O3/c1-2-8(12)9-6-3-4-7(5-6)10(9)11(13)14/h6-7,9-10H,2-5H2,1H3,(H,13,14)/t6-,7+,9+,10+/m1/s1. The van der Waals surface area contributed by atoms with Crippen molar-refractivity contribution in [1.29, 1.82) is 0 Å². The van der Waals surface area contributed by atoms with E-state index in [-0.39, 0.29) is 23.5 Å². The smallest absolute Gasteiger partial charge is 0.307 e. The molecule has 0 saturated heterocycles. The predicted molar refractivity (Wildman–Crippen MR) is 50.7 cm³/mol. The monoisotopic (exact) mass is 196 g/mol. The summed E-state index contributed by atoms with van der Waals surface area (Å²) in [5, 5.41) is 9.10. The third-order valence-electron chi connectivity index (χ3n) is 3.92. The summed E-state index contributed by atoms with van der Waals surface area (Å²) >= 11 is 0. The Morgan fingerprint density at radius 3 is 2.29 bits per heavy atom. The molecule has 2 fully saturated rings. The number of carboxylic acid groups (broad SMARTS) is 1. The van der Waals surface area contributed by atoms with Gasteiger partial charge in [0, 0.05) is 12.3 Å². The van der Waals surface area contributed by atoms with Crippen LogP contribution in [0.3, 0.4) is 0 Å². The van der Waals surface area contributed by atoms with Crippen LogP contribution in [0.1, 0.15) is 32.6 Å². The van der Waals surface area contributed by atoms with Crippen molar-refractivity contribution < 1.29 is 14.7 Å². The van der Waals surface area contributed by atoms with Crippen molar-refractivity contribution in [1.82, 2.24) is 0 Å². The van der Waals surface area contributed by atoms with Crippen molar-refractivity contribution in [2.24, 2.45) is 23.7 Å². The number of hydrogen-bond donors (Lipinski definition) is 1. The van der Waals surface area contributed by atoms with E-state index >= 15 is 0 Å². The Labute approximate surface area is 83.5 Å². The van der Waals surface area contributed by atoms with E-state index in [0.717, 1.165) is 19.3 Å². The summed E-state index contributed by atoms with van der Waals surface area (Å²) in [5.74, 6) is -0.502. The molecule has 0 aliphatic heterocycles. The van der Waals surface area contributed by atoms with Crippen molar-refractivity contribution in [3.8, 4) is 0 Å². The second-order valence-corrected chi connectivity index (χ2v) is 4.54. The van der Waals surface area contributed by atoms with Crippen LogP contribution in [0.5, 0.6) is 0 Å². The largest absolute Gasteiger partial charge is 0.481 e. The van der Waals surface area contributed by atoms with E-state index < -0.39 is 5.97 Å². The van der Waals surface area contributed by atoms with Crippen molar-refractivity contribution in [3.05, 3.63) is 0 Å². The van der Waals surface area contributed by atoms with Crippen molar-refractivity contribution in [3.63, 3.8) is 0 Å². The Balaban J connectivity index is 2.21. The lowest BCUT2D eigenvalue weighted by Crippen LogP contribution is -2.34. The molecule has 0 amide bonds. The molecule has 0 spiro atoms. The number of carboxylic acids is 1. The first-order valence-electron chi connectivity index (χ1n) is 5.40. The molecule has 78 valence electrons. The van der Waals surface area contributed by atoms with E-state index in [9.17, 15) is 9.59 Å². The van der Waals surface area contributed by atoms with Gasteiger partial charge >= 0.3 is 5.97 Å². The summed E-state index contributed by atoms with van der Waals surface area (Å²) in [7, 11) is 0. The third-order valence-corrected chi connectivity index (χ3v) is 3.92. The van der Waals surface area contributed by atoms with Gasteiger partial charge in [-0.15, -0.1) is 0 Å². The number of carbonyl (C=O) groups excluding carboxylic acids is 1. The molecule has 14 heavy (non-hydrogen) atoms. The van der Waals surface area contributed by atoms with Gasteiger partial charge in [0.15, 0.2) is 0 Å². The molecule has 0 heterocycles.